The van der Waals surface area contributed by atoms with Gasteiger partial charge < -0.3 is 5.11 Å². The molecular weight excluding hydrogens is 174 g/mol. The number of halogens is 2. The predicted molar refractivity (Wildman–Crippen MR) is 47.8 cm³/mol. The van der Waals surface area contributed by atoms with Gasteiger partial charge in [0.2, 0.25) is 0 Å². The van der Waals surface area contributed by atoms with Crippen LogP contribution in [0, 0.1) is 0 Å². The lowest BCUT2D eigenvalue weighted by Gasteiger charge is -2.16. The van der Waals surface area contributed by atoms with Crippen molar-refractivity contribution >= 4 is 0 Å². The molecule has 1 atom stereocenters. The lowest BCUT2D eigenvalue weighted by Crippen LogP contribution is -2.20. The maximum atomic E-state index is 12.2. The second-order valence-corrected chi connectivity index (χ2v) is 3.51. The fourth-order valence-electron chi connectivity index (χ4n) is 1.65. The summed E-state index contributed by atoms with van der Waals surface area (Å²) in [4.78, 5) is 0. The summed E-state index contributed by atoms with van der Waals surface area (Å²) in [5, 5.41) is 9.15. The first kappa shape index (κ1) is 10.6. The van der Waals surface area contributed by atoms with Gasteiger partial charge in [-0.2, -0.15) is 0 Å². The lowest BCUT2D eigenvalue weighted by molar-refractivity contribution is 0.0152. The van der Waals surface area contributed by atoms with E-state index in [4.69, 9.17) is 5.11 Å². The van der Waals surface area contributed by atoms with Crippen molar-refractivity contribution in [3.8, 4) is 0 Å². The Kier molecular flexibility index (Phi) is 4.36. The second kappa shape index (κ2) is 5.32. The monoisotopic (exact) mass is 190 g/mol. The highest BCUT2D eigenvalue weighted by atomic mass is 19.3. The van der Waals surface area contributed by atoms with E-state index in [1.807, 2.05) is 0 Å². The quantitative estimate of drug-likeness (QED) is 0.664. The van der Waals surface area contributed by atoms with Crippen LogP contribution in [0.3, 0.4) is 0 Å². The minimum absolute atomic E-state index is 0.537. The summed E-state index contributed by atoms with van der Waals surface area (Å²) < 4.78 is 24.3. The molecule has 0 heterocycles. The van der Waals surface area contributed by atoms with Crippen LogP contribution in [0.15, 0.2) is 11.6 Å². The van der Waals surface area contributed by atoms with Crippen molar-refractivity contribution in [3.05, 3.63) is 11.6 Å². The van der Waals surface area contributed by atoms with E-state index in [1.165, 1.54) is 6.42 Å². The van der Waals surface area contributed by atoms with Crippen LogP contribution in [0.2, 0.25) is 0 Å². The fraction of sp³-hybridized carbons (Fsp3) is 0.800. The van der Waals surface area contributed by atoms with Crippen molar-refractivity contribution in [2.45, 2.75) is 51.1 Å². The SMILES string of the molecule is OC(C1=CCCCCCC1)C(F)F. The molecule has 0 aliphatic heterocycles. The highest BCUT2D eigenvalue weighted by molar-refractivity contribution is 5.09. The molecule has 0 saturated carbocycles. The maximum Gasteiger partial charge on any atom is 0.267 e. The van der Waals surface area contributed by atoms with Crippen LogP contribution in [0.4, 0.5) is 8.78 Å². The molecule has 3 heteroatoms. The van der Waals surface area contributed by atoms with Gasteiger partial charge in [0.15, 0.2) is 0 Å². The summed E-state index contributed by atoms with van der Waals surface area (Å²) in [6.07, 6.45) is 3.33. The van der Waals surface area contributed by atoms with Crippen LogP contribution in [-0.2, 0) is 0 Å². The molecule has 0 aromatic heterocycles. The van der Waals surface area contributed by atoms with E-state index in [2.05, 4.69) is 0 Å². The Labute approximate surface area is 77.5 Å². The number of hydrogen-bond acceptors (Lipinski definition) is 1. The van der Waals surface area contributed by atoms with Gasteiger partial charge in [0.1, 0.15) is 6.10 Å². The fourth-order valence-corrected chi connectivity index (χ4v) is 1.65. The molecule has 1 unspecified atom stereocenters. The molecule has 0 radical (unpaired) electrons. The number of allylic oxidation sites excluding steroid dienone is 1. The van der Waals surface area contributed by atoms with E-state index in [0.717, 1.165) is 25.7 Å². The van der Waals surface area contributed by atoms with Gasteiger partial charge in [0.25, 0.3) is 6.43 Å². The topological polar surface area (TPSA) is 20.2 Å². The molecule has 0 bridgehead atoms. The van der Waals surface area contributed by atoms with Gasteiger partial charge in [-0.05, 0) is 31.3 Å². The van der Waals surface area contributed by atoms with Crippen LogP contribution in [-0.4, -0.2) is 17.6 Å². The standard InChI is InChI=1S/C10H16F2O/c11-10(12)9(13)8-6-4-2-1-3-5-7-8/h6,9-10,13H,1-5,7H2. The Morgan fingerprint density at radius 3 is 2.54 bits per heavy atom. The zero-order valence-corrected chi connectivity index (χ0v) is 7.68. The molecule has 76 valence electrons. The zero-order valence-electron chi connectivity index (χ0n) is 7.68. The Morgan fingerprint density at radius 2 is 1.85 bits per heavy atom. The van der Waals surface area contributed by atoms with E-state index in [9.17, 15) is 8.78 Å². The Balaban J connectivity index is 2.53. The molecule has 0 aromatic carbocycles. The van der Waals surface area contributed by atoms with Crippen molar-refractivity contribution in [3.63, 3.8) is 0 Å². The molecule has 1 N–H and O–H groups in total. The van der Waals surface area contributed by atoms with Gasteiger partial charge in [0, 0.05) is 0 Å². The number of aliphatic hydroxyl groups is 1. The summed E-state index contributed by atoms with van der Waals surface area (Å²) >= 11 is 0. The van der Waals surface area contributed by atoms with E-state index in [-0.39, 0.29) is 0 Å². The number of hydrogen-bond donors (Lipinski definition) is 1. The molecule has 0 aromatic rings. The van der Waals surface area contributed by atoms with Crippen molar-refractivity contribution in [1.29, 1.82) is 0 Å². The van der Waals surface area contributed by atoms with Gasteiger partial charge in [-0.25, -0.2) is 8.78 Å². The lowest BCUT2D eigenvalue weighted by atomic mass is 9.96. The van der Waals surface area contributed by atoms with Gasteiger partial charge in [-0.3, -0.25) is 0 Å². The Morgan fingerprint density at radius 1 is 1.15 bits per heavy atom. The third-order valence-electron chi connectivity index (χ3n) is 2.44. The van der Waals surface area contributed by atoms with Crippen LogP contribution < -0.4 is 0 Å². The third kappa shape index (κ3) is 3.43. The zero-order chi connectivity index (χ0) is 9.68. The van der Waals surface area contributed by atoms with E-state index >= 15 is 0 Å². The molecule has 13 heavy (non-hydrogen) atoms. The molecule has 1 nitrogen and oxygen atoms in total. The third-order valence-corrected chi connectivity index (χ3v) is 2.44. The number of alkyl halides is 2. The van der Waals surface area contributed by atoms with E-state index < -0.39 is 12.5 Å². The smallest absolute Gasteiger partial charge is 0.267 e. The first-order valence-electron chi connectivity index (χ1n) is 4.87. The van der Waals surface area contributed by atoms with Crippen LogP contribution >= 0.6 is 0 Å². The highest BCUT2D eigenvalue weighted by Crippen LogP contribution is 2.22. The molecular formula is C10H16F2O. The normalized spacial score (nSPS) is 22.0. The maximum absolute atomic E-state index is 12.2. The van der Waals surface area contributed by atoms with Gasteiger partial charge in [-0.15, -0.1) is 0 Å². The average Bonchev–Trinajstić information content (AvgIpc) is 2.02. The molecule has 1 rings (SSSR count). The van der Waals surface area contributed by atoms with Gasteiger partial charge in [-0.1, -0.05) is 18.9 Å². The van der Waals surface area contributed by atoms with E-state index in [0.29, 0.717) is 12.0 Å². The summed E-state index contributed by atoms with van der Waals surface area (Å²) in [7, 11) is 0. The van der Waals surface area contributed by atoms with Crippen molar-refractivity contribution in [1.82, 2.24) is 0 Å². The summed E-state index contributed by atoms with van der Waals surface area (Å²) in [5.41, 5.74) is 0.537. The van der Waals surface area contributed by atoms with Gasteiger partial charge >= 0.3 is 0 Å². The van der Waals surface area contributed by atoms with Crippen molar-refractivity contribution < 1.29 is 13.9 Å². The Hall–Kier alpha value is -0.440. The van der Waals surface area contributed by atoms with E-state index in [1.54, 1.807) is 6.08 Å². The first-order valence-corrected chi connectivity index (χ1v) is 4.87. The number of rotatable bonds is 2. The largest absolute Gasteiger partial charge is 0.383 e. The summed E-state index contributed by atoms with van der Waals surface area (Å²) in [5.74, 6) is 0. The first-order chi connectivity index (χ1) is 6.22. The Bertz CT molecular complexity index is 178. The molecule has 0 saturated heterocycles. The highest BCUT2D eigenvalue weighted by Gasteiger charge is 2.21. The van der Waals surface area contributed by atoms with Crippen LogP contribution in [0.25, 0.3) is 0 Å². The minimum Gasteiger partial charge on any atom is -0.383 e. The predicted octanol–water partition coefficient (Wildman–Crippen LogP) is 2.89. The molecule has 1 aliphatic rings. The molecule has 0 spiro atoms. The summed E-state index contributed by atoms with van der Waals surface area (Å²) in [6.45, 7) is 0. The van der Waals surface area contributed by atoms with Crippen LogP contribution in [0.5, 0.6) is 0 Å². The average molecular weight is 190 g/mol. The van der Waals surface area contributed by atoms with Crippen LogP contribution in [0.1, 0.15) is 38.5 Å². The number of aliphatic hydroxyl groups excluding tert-OH is 1. The molecule has 1 aliphatic carbocycles. The van der Waals surface area contributed by atoms with Crippen molar-refractivity contribution in [2.24, 2.45) is 0 Å². The molecule has 0 amide bonds. The summed E-state index contributed by atoms with van der Waals surface area (Å²) in [6, 6.07) is 0. The van der Waals surface area contributed by atoms with Crippen molar-refractivity contribution in [2.75, 3.05) is 0 Å². The van der Waals surface area contributed by atoms with Gasteiger partial charge in [0.05, 0.1) is 0 Å². The minimum atomic E-state index is -2.63. The second-order valence-electron chi connectivity index (χ2n) is 3.51. The molecule has 0 fully saturated rings.